The number of halogens is 1. The summed E-state index contributed by atoms with van der Waals surface area (Å²) in [7, 11) is 4.03. The fraction of sp³-hybridized carbons (Fsp3) is 0.579. The third-order valence-electron chi connectivity index (χ3n) is 12.2. The highest BCUT2D eigenvalue weighted by Gasteiger charge is 2.46. The lowest BCUT2D eigenvalue weighted by molar-refractivity contribution is -0.0704. The third kappa shape index (κ3) is 6.09. The van der Waals surface area contributed by atoms with E-state index in [1.807, 2.05) is 13.0 Å². The van der Waals surface area contributed by atoms with Gasteiger partial charge in [-0.3, -0.25) is 19.7 Å². The number of fused-ring (bicyclic) bond motifs is 1. The summed E-state index contributed by atoms with van der Waals surface area (Å²) in [4.78, 5) is 30.9. The predicted molar refractivity (Wildman–Crippen MR) is 193 cm³/mol. The molecule has 1 spiro atoms. The van der Waals surface area contributed by atoms with Gasteiger partial charge in [-0.05, 0) is 115 Å². The first-order valence-electron chi connectivity index (χ1n) is 18.4. The molecular weight excluding hydrogens is 633 g/mol. The van der Waals surface area contributed by atoms with Crippen LogP contribution < -0.4 is 10.2 Å². The number of anilines is 2. The zero-order valence-corrected chi connectivity index (χ0v) is 29.8. The van der Waals surface area contributed by atoms with Crippen molar-refractivity contribution in [2.24, 2.45) is 12.5 Å². The van der Waals surface area contributed by atoms with Gasteiger partial charge in [-0.2, -0.15) is 5.10 Å². The van der Waals surface area contributed by atoms with Crippen molar-refractivity contribution in [1.82, 2.24) is 34.1 Å². The molecule has 4 aromatic rings. The van der Waals surface area contributed by atoms with Crippen LogP contribution in [-0.4, -0.2) is 104 Å². The monoisotopic (exact) mass is 683 g/mol. The second kappa shape index (κ2) is 13.0. The molecule has 1 aromatic carbocycles. The summed E-state index contributed by atoms with van der Waals surface area (Å²) in [6.07, 6.45) is 9.15. The van der Waals surface area contributed by atoms with Crippen molar-refractivity contribution in [2.75, 3.05) is 56.5 Å². The normalized spacial score (nSPS) is 23.4. The van der Waals surface area contributed by atoms with E-state index in [1.54, 1.807) is 24.9 Å². The first-order valence-corrected chi connectivity index (χ1v) is 18.4. The van der Waals surface area contributed by atoms with E-state index in [4.69, 9.17) is 4.98 Å². The van der Waals surface area contributed by atoms with Gasteiger partial charge in [0.2, 0.25) is 5.95 Å². The SMILES string of the molecule is Cc1cc(C(=O)Nc2nc3ccc(N4CCC(N5CC6(CCN(C)CC6)C5)CC4)cc3n2[C@H]2CC[C@@H](O)CC2)c(F)c(-c2cnn(C)c2C)n1. The number of pyridine rings is 1. The van der Waals surface area contributed by atoms with Crippen molar-refractivity contribution in [1.29, 1.82) is 0 Å². The Labute approximate surface area is 293 Å². The highest BCUT2D eigenvalue weighted by Crippen LogP contribution is 2.43. The van der Waals surface area contributed by atoms with Crippen LogP contribution in [0.5, 0.6) is 0 Å². The number of aliphatic hydroxyl groups is 1. The lowest BCUT2D eigenvalue weighted by Gasteiger charge is -2.57. The zero-order chi connectivity index (χ0) is 34.7. The van der Waals surface area contributed by atoms with Crippen LogP contribution in [0.2, 0.25) is 0 Å². The van der Waals surface area contributed by atoms with Gasteiger partial charge in [-0.15, -0.1) is 0 Å². The van der Waals surface area contributed by atoms with Crippen LogP contribution in [0.4, 0.5) is 16.0 Å². The molecule has 3 aromatic heterocycles. The Morgan fingerprint density at radius 2 is 1.66 bits per heavy atom. The Balaban J connectivity index is 1.04. The van der Waals surface area contributed by atoms with Crippen LogP contribution in [0, 0.1) is 25.1 Å². The van der Waals surface area contributed by atoms with E-state index in [-0.39, 0.29) is 23.4 Å². The minimum atomic E-state index is -0.682. The minimum Gasteiger partial charge on any atom is -0.393 e. The number of hydrogen-bond acceptors (Lipinski definition) is 8. The van der Waals surface area contributed by atoms with Crippen LogP contribution >= 0.6 is 0 Å². The highest BCUT2D eigenvalue weighted by molar-refractivity contribution is 6.05. The summed E-state index contributed by atoms with van der Waals surface area (Å²) < 4.78 is 19.8. The lowest BCUT2D eigenvalue weighted by Crippen LogP contribution is -2.63. The van der Waals surface area contributed by atoms with Crippen LogP contribution in [0.3, 0.4) is 0 Å². The van der Waals surface area contributed by atoms with E-state index in [0.717, 1.165) is 61.2 Å². The van der Waals surface area contributed by atoms with Gasteiger partial charge in [0.15, 0.2) is 5.82 Å². The average Bonchev–Trinajstić information content (AvgIpc) is 3.63. The third-order valence-corrected chi connectivity index (χ3v) is 12.2. The lowest BCUT2D eigenvalue weighted by atomic mass is 9.71. The van der Waals surface area contributed by atoms with Crippen molar-refractivity contribution in [3.63, 3.8) is 0 Å². The van der Waals surface area contributed by atoms with E-state index in [0.29, 0.717) is 41.5 Å². The number of rotatable bonds is 6. The molecule has 0 radical (unpaired) electrons. The van der Waals surface area contributed by atoms with Crippen molar-refractivity contribution < 1.29 is 14.3 Å². The van der Waals surface area contributed by atoms with Gasteiger partial charge in [-0.1, -0.05) is 0 Å². The average molecular weight is 684 g/mol. The van der Waals surface area contributed by atoms with Gasteiger partial charge >= 0.3 is 0 Å². The molecule has 4 aliphatic rings. The fourth-order valence-corrected chi connectivity index (χ4v) is 8.93. The van der Waals surface area contributed by atoms with E-state index in [9.17, 15) is 9.90 Å². The number of piperidine rings is 2. The molecule has 50 heavy (non-hydrogen) atoms. The zero-order valence-electron chi connectivity index (χ0n) is 29.8. The number of likely N-dealkylation sites (tertiary alicyclic amines) is 2. The van der Waals surface area contributed by atoms with Crippen molar-refractivity contribution in [3.8, 4) is 11.3 Å². The molecule has 2 N–H and O–H groups in total. The topological polar surface area (TPSA) is 108 Å². The predicted octanol–water partition coefficient (Wildman–Crippen LogP) is 5.31. The summed E-state index contributed by atoms with van der Waals surface area (Å²) in [5.41, 5.74) is 5.33. The number of aryl methyl sites for hydroxylation is 2. The molecule has 1 aliphatic carbocycles. The van der Waals surface area contributed by atoms with E-state index >= 15 is 4.39 Å². The first kappa shape index (κ1) is 33.3. The number of benzene rings is 1. The number of hydrogen-bond donors (Lipinski definition) is 2. The van der Waals surface area contributed by atoms with Gasteiger partial charge in [0.1, 0.15) is 5.69 Å². The molecule has 6 heterocycles. The van der Waals surface area contributed by atoms with Crippen LogP contribution in [-0.2, 0) is 7.05 Å². The van der Waals surface area contributed by atoms with Crippen LogP contribution in [0.15, 0.2) is 30.5 Å². The van der Waals surface area contributed by atoms with Crippen LogP contribution in [0.1, 0.15) is 79.2 Å². The Kier molecular flexibility index (Phi) is 8.67. The van der Waals surface area contributed by atoms with Crippen LogP contribution in [0.25, 0.3) is 22.3 Å². The molecule has 11 nitrogen and oxygen atoms in total. The second-order valence-corrected chi connectivity index (χ2v) is 15.6. The van der Waals surface area contributed by atoms with Gasteiger partial charge in [0.25, 0.3) is 5.91 Å². The molecule has 1 amide bonds. The first-order chi connectivity index (χ1) is 24.1. The fourth-order valence-electron chi connectivity index (χ4n) is 8.93. The summed E-state index contributed by atoms with van der Waals surface area (Å²) in [5.74, 6) is -0.854. The maximum absolute atomic E-state index is 16.0. The Bertz CT molecular complexity index is 1890. The van der Waals surface area contributed by atoms with E-state index in [2.05, 4.69) is 53.8 Å². The number of imidazole rings is 1. The molecule has 0 bridgehead atoms. The number of nitrogens with one attached hydrogen (secondary N) is 1. The minimum absolute atomic E-state index is 0.0515. The molecular formula is C38H50FN9O2. The standard InChI is InChI=1S/C38H50FN9O2/c1-24-19-30(34(39)35(41-24)31-21-40-45(4)25(31)2)36(50)43-37-42-32-10-7-28(20-33(32)48(37)27-5-8-29(49)9-6-27)46-15-11-26(12-16-46)47-22-38(23-47)13-17-44(3)18-14-38/h7,10,19-21,26-27,29,49H,5-6,8-9,11-18,22-23H2,1-4H3,(H,42,43,50)/t27-,29+. The molecule has 3 aliphatic heterocycles. The van der Waals surface area contributed by atoms with E-state index in [1.165, 1.54) is 45.1 Å². The number of carbonyl (C=O) groups is 1. The van der Waals surface area contributed by atoms with Crippen molar-refractivity contribution >= 4 is 28.6 Å². The molecule has 0 atom stereocenters. The van der Waals surface area contributed by atoms with Gasteiger partial charge in [0.05, 0.1) is 28.9 Å². The summed E-state index contributed by atoms with van der Waals surface area (Å²) in [6.45, 7) is 10.6. The highest BCUT2D eigenvalue weighted by atomic mass is 19.1. The largest absolute Gasteiger partial charge is 0.393 e. The number of aliphatic hydroxyl groups excluding tert-OH is 1. The second-order valence-electron chi connectivity index (χ2n) is 15.6. The number of amides is 1. The van der Waals surface area contributed by atoms with Gasteiger partial charge < -0.3 is 19.5 Å². The summed E-state index contributed by atoms with van der Waals surface area (Å²) in [6, 6.07) is 8.58. The Morgan fingerprint density at radius 1 is 0.940 bits per heavy atom. The Morgan fingerprint density at radius 3 is 2.34 bits per heavy atom. The van der Waals surface area contributed by atoms with Gasteiger partial charge in [-0.25, -0.2) is 14.4 Å². The maximum Gasteiger partial charge on any atom is 0.261 e. The van der Waals surface area contributed by atoms with Gasteiger partial charge in [0, 0.05) is 67.9 Å². The van der Waals surface area contributed by atoms with Crippen molar-refractivity contribution in [3.05, 3.63) is 53.2 Å². The van der Waals surface area contributed by atoms with E-state index < -0.39 is 11.7 Å². The molecule has 3 saturated heterocycles. The van der Waals surface area contributed by atoms with Crippen molar-refractivity contribution in [2.45, 2.75) is 83.4 Å². The molecule has 0 unspecified atom stereocenters. The molecule has 266 valence electrons. The summed E-state index contributed by atoms with van der Waals surface area (Å²) >= 11 is 0. The number of carbonyl (C=O) groups excluding carboxylic acids is 1. The summed E-state index contributed by atoms with van der Waals surface area (Å²) in [5, 5.41) is 17.6. The quantitative estimate of drug-likeness (QED) is 0.282. The smallest absolute Gasteiger partial charge is 0.261 e. The molecule has 1 saturated carbocycles. The number of aromatic nitrogens is 5. The molecule has 8 rings (SSSR count). The Hall–Kier alpha value is -3.87. The molecule has 12 heteroatoms. The molecule has 4 fully saturated rings. The number of nitrogens with zero attached hydrogens (tertiary/aromatic N) is 8. The maximum atomic E-state index is 16.0.